The highest BCUT2D eigenvalue weighted by molar-refractivity contribution is 7.96. The molecule has 3 heterocycles. The summed E-state index contributed by atoms with van der Waals surface area (Å²) in [7, 11) is -0.235. The summed E-state index contributed by atoms with van der Waals surface area (Å²) in [5, 5.41) is 29.7. The van der Waals surface area contributed by atoms with Gasteiger partial charge in [0.2, 0.25) is 0 Å². The fraction of sp³-hybridized carbons (Fsp3) is 0.600. The maximum atomic E-state index is 10.8. The topological polar surface area (TPSA) is 183 Å². The molecule has 2 aromatic heterocycles. The first kappa shape index (κ1) is 19.8. The second-order valence-corrected chi connectivity index (χ2v) is 8.82. The molecular weight excluding hydrogens is 376 g/mol. The minimum atomic E-state index is -1.16. The number of hydrogen-bond acceptors (Lipinski definition) is 9. The summed E-state index contributed by atoms with van der Waals surface area (Å²) >= 11 is 0. The van der Waals surface area contributed by atoms with E-state index in [4.69, 9.17) is 21.3 Å². The van der Waals surface area contributed by atoms with E-state index in [2.05, 4.69) is 15.0 Å². The van der Waals surface area contributed by atoms with Crippen LogP contribution in [0.25, 0.3) is 11.2 Å². The lowest BCUT2D eigenvalue weighted by atomic mass is 10.1. The van der Waals surface area contributed by atoms with Crippen LogP contribution in [-0.4, -0.2) is 82.9 Å². The van der Waals surface area contributed by atoms with Gasteiger partial charge in [0.25, 0.3) is 0 Å². The Morgan fingerprint density at radius 1 is 1.37 bits per heavy atom. The minimum Gasteiger partial charge on any atom is -0.480 e. The van der Waals surface area contributed by atoms with E-state index >= 15 is 0 Å². The Morgan fingerprint density at radius 3 is 2.81 bits per heavy atom. The van der Waals surface area contributed by atoms with Gasteiger partial charge in [-0.05, 0) is 10.9 Å². The van der Waals surface area contributed by atoms with Crippen molar-refractivity contribution in [3.05, 3.63) is 12.7 Å². The van der Waals surface area contributed by atoms with Crippen molar-refractivity contribution in [1.82, 2.24) is 19.5 Å². The highest BCUT2D eigenvalue weighted by Gasteiger charge is 2.46. The Bertz CT molecular complexity index is 819. The van der Waals surface area contributed by atoms with Crippen LogP contribution >= 0.6 is 0 Å². The van der Waals surface area contributed by atoms with Crippen LogP contribution in [0.2, 0.25) is 0 Å². The summed E-state index contributed by atoms with van der Waals surface area (Å²) in [6.07, 6.45) is 1.31. The number of carbonyl (C=O) groups is 1. The molecule has 1 saturated heterocycles. The molecule has 1 aliphatic heterocycles. The second kappa shape index (κ2) is 7.94. The van der Waals surface area contributed by atoms with Crippen molar-refractivity contribution in [2.45, 2.75) is 37.0 Å². The van der Waals surface area contributed by atoms with Gasteiger partial charge in [-0.15, -0.1) is 0 Å². The number of ether oxygens (including phenoxy) is 1. The van der Waals surface area contributed by atoms with E-state index in [9.17, 15) is 15.0 Å². The lowest BCUT2D eigenvalue weighted by Gasteiger charge is -2.16. The number of aliphatic carboxylic acids is 1. The van der Waals surface area contributed by atoms with Crippen LogP contribution in [0.15, 0.2) is 12.7 Å². The number of aromatic nitrogens is 4. The van der Waals surface area contributed by atoms with Crippen molar-refractivity contribution in [1.29, 1.82) is 0 Å². The van der Waals surface area contributed by atoms with Crippen LogP contribution in [0.3, 0.4) is 0 Å². The number of imidazole rings is 1. The number of aliphatic hydroxyl groups is 2. The Labute approximate surface area is 157 Å². The van der Waals surface area contributed by atoms with Gasteiger partial charge >= 0.3 is 5.97 Å². The first-order valence-corrected chi connectivity index (χ1v) is 10.3. The molecule has 2 unspecified atom stereocenters. The number of nitrogens with zero attached hydrogens (tertiary/aromatic N) is 4. The third-order valence-electron chi connectivity index (χ3n) is 4.54. The molecule has 11 nitrogen and oxygen atoms in total. The second-order valence-electron chi connectivity index (χ2n) is 6.51. The highest BCUT2D eigenvalue weighted by Crippen LogP contribution is 2.32. The largest absolute Gasteiger partial charge is 0.480 e. The number of carboxylic acids is 1. The smallest absolute Gasteiger partial charge is 0.320 e. The maximum Gasteiger partial charge on any atom is 0.320 e. The molecule has 0 amide bonds. The first-order valence-electron chi connectivity index (χ1n) is 8.31. The lowest BCUT2D eigenvalue weighted by Crippen LogP contribution is -2.37. The quantitative estimate of drug-likeness (QED) is 0.329. The number of nitrogen functional groups attached to an aromatic ring is 1. The van der Waals surface area contributed by atoms with Crippen LogP contribution in [0.4, 0.5) is 5.82 Å². The molecule has 3 rings (SSSR count). The van der Waals surface area contributed by atoms with Gasteiger partial charge in [0, 0.05) is 6.42 Å². The van der Waals surface area contributed by atoms with Crippen molar-refractivity contribution in [2.24, 2.45) is 5.73 Å². The molecule has 7 N–H and O–H groups in total. The van der Waals surface area contributed by atoms with Crippen LogP contribution in [0.5, 0.6) is 0 Å². The molecule has 0 bridgehead atoms. The molecule has 6 atom stereocenters. The van der Waals surface area contributed by atoms with Gasteiger partial charge in [-0.25, -0.2) is 15.0 Å². The molecule has 1 fully saturated rings. The SMILES string of the molecule is C[S+](CC[C@H](N)C(=O)O)CC1O[C@@H](n2cnc3c(N)ncnc32)[C@H](O)[C@@H]1O. The Kier molecular flexibility index (Phi) is 5.81. The van der Waals surface area contributed by atoms with Crippen LogP contribution in [-0.2, 0) is 20.4 Å². The zero-order chi connectivity index (χ0) is 19.7. The Hall–Kier alpha value is -1.99. The zero-order valence-corrected chi connectivity index (χ0v) is 15.5. The summed E-state index contributed by atoms with van der Waals surface area (Å²) in [5.74, 6) is 0.254. The van der Waals surface area contributed by atoms with E-state index < -0.39 is 36.6 Å². The number of rotatable bonds is 7. The average molecular weight is 399 g/mol. The van der Waals surface area contributed by atoms with Crippen LogP contribution in [0, 0.1) is 0 Å². The van der Waals surface area contributed by atoms with E-state index in [0.717, 1.165) is 0 Å². The summed E-state index contributed by atoms with van der Waals surface area (Å²) in [6.45, 7) is 0. The average Bonchev–Trinajstić information content (AvgIpc) is 3.17. The molecule has 2 aromatic rings. The molecular formula is C15H23N6O5S+. The van der Waals surface area contributed by atoms with Crippen molar-refractivity contribution >= 4 is 33.8 Å². The van der Waals surface area contributed by atoms with Gasteiger partial charge in [0.1, 0.15) is 47.7 Å². The monoisotopic (exact) mass is 399 g/mol. The van der Waals surface area contributed by atoms with Crippen molar-refractivity contribution in [2.75, 3.05) is 23.5 Å². The fourth-order valence-electron chi connectivity index (χ4n) is 2.97. The minimum absolute atomic E-state index is 0.216. The molecule has 0 saturated carbocycles. The normalized spacial score (nSPS) is 27.7. The third kappa shape index (κ3) is 3.99. The van der Waals surface area contributed by atoms with Gasteiger partial charge in [-0.1, -0.05) is 0 Å². The number of fused-ring (bicyclic) bond motifs is 1. The third-order valence-corrected chi connectivity index (χ3v) is 6.37. The van der Waals surface area contributed by atoms with Gasteiger partial charge in [0.05, 0.1) is 12.6 Å². The number of anilines is 1. The highest BCUT2D eigenvalue weighted by atomic mass is 32.2. The number of aliphatic hydroxyl groups excluding tert-OH is 2. The van der Waals surface area contributed by atoms with E-state index in [0.29, 0.717) is 29.1 Å². The lowest BCUT2D eigenvalue weighted by molar-refractivity contribution is -0.138. The number of nitrogens with two attached hydrogens (primary N) is 2. The summed E-state index contributed by atoms with van der Waals surface area (Å²) in [4.78, 5) is 23.0. The predicted molar refractivity (Wildman–Crippen MR) is 98.9 cm³/mol. The zero-order valence-electron chi connectivity index (χ0n) is 14.7. The molecule has 148 valence electrons. The molecule has 0 spiro atoms. The van der Waals surface area contributed by atoms with Crippen molar-refractivity contribution in [3.63, 3.8) is 0 Å². The predicted octanol–water partition coefficient (Wildman–Crippen LogP) is -1.92. The molecule has 0 aromatic carbocycles. The van der Waals surface area contributed by atoms with Gasteiger partial charge in [-0.2, -0.15) is 0 Å². The van der Waals surface area contributed by atoms with E-state index in [1.54, 1.807) is 0 Å². The van der Waals surface area contributed by atoms with Gasteiger partial charge in [-0.3, -0.25) is 9.36 Å². The Balaban J connectivity index is 1.68. The number of carboxylic acid groups (broad SMARTS) is 1. The maximum absolute atomic E-state index is 10.8. The van der Waals surface area contributed by atoms with Gasteiger partial charge < -0.3 is 31.5 Å². The van der Waals surface area contributed by atoms with Crippen molar-refractivity contribution < 1.29 is 24.9 Å². The standard InChI is InChI=1S/C15H22N6O5S/c1-27(3-2-7(16)15(24)25)4-8-10(22)11(23)14(26-8)21-6-20-9-12(17)18-5-19-13(9)21/h5-8,10-11,14,22-23H,2-4,16H2,1H3,(H2-,17,18,19,24,25)/p+1/t7-,8?,10+,11+,14+,27?/m0/s1. The fourth-order valence-corrected chi connectivity index (χ4v) is 4.63. The van der Waals surface area contributed by atoms with E-state index in [1.807, 2.05) is 6.26 Å². The molecule has 1 aliphatic rings. The van der Waals surface area contributed by atoms with E-state index in [-0.39, 0.29) is 16.7 Å². The van der Waals surface area contributed by atoms with Crippen LogP contribution in [0.1, 0.15) is 12.6 Å². The summed E-state index contributed by atoms with van der Waals surface area (Å²) in [6, 6.07) is -0.907. The molecule has 0 radical (unpaired) electrons. The Morgan fingerprint density at radius 2 is 2.11 bits per heavy atom. The van der Waals surface area contributed by atoms with E-state index in [1.165, 1.54) is 17.2 Å². The molecule has 0 aliphatic carbocycles. The molecule has 12 heteroatoms. The summed E-state index contributed by atoms with van der Waals surface area (Å²) in [5.41, 5.74) is 12.1. The number of hydrogen-bond donors (Lipinski definition) is 5. The summed E-state index contributed by atoms with van der Waals surface area (Å²) < 4.78 is 7.41. The van der Waals surface area contributed by atoms with Crippen molar-refractivity contribution in [3.8, 4) is 0 Å². The van der Waals surface area contributed by atoms with Crippen LogP contribution < -0.4 is 11.5 Å². The first-order chi connectivity index (χ1) is 12.8. The van der Waals surface area contributed by atoms with Gasteiger partial charge in [0.15, 0.2) is 17.7 Å². The molecule has 27 heavy (non-hydrogen) atoms.